The van der Waals surface area contributed by atoms with Crippen LogP contribution in [0.2, 0.25) is 0 Å². The van der Waals surface area contributed by atoms with Crippen molar-refractivity contribution in [2.45, 2.75) is 13.0 Å². The average molecular weight is 283 g/mol. The molecule has 0 saturated carbocycles. The Morgan fingerprint density at radius 3 is 2.47 bits per heavy atom. The van der Waals surface area contributed by atoms with Crippen LogP contribution in [0.5, 0.6) is 0 Å². The topological polar surface area (TPSA) is 92.6 Å². The predicted octanol–water partition coefficient (Wildman–Crippen LogP) is 1.24. The number of non-ortho nitro benzene ring substituents is 1. The van der Waals surface area contributed by atoms with Crippen molar-refractivity contribution < 1.29 is 10.0 Å². The minimum atomic E-state index is -0.454. The zero-order chi connectivity index (χ0) is 14.4. The summed E-state index contributed by atoms with van der Waals surface area (Å²) in [5.41, 5.74) is 6.56. The van der Waals surface area contributed by atoms with E-state index in [4.69, 9.17) is 23.1 Å². The molecule has 7 heteroatoms. The maximum absolute atomic E-state index is 10.6. The van der Waals surface area contributed by atoms with Gasteiger partial charge in [0.25, 0.3) is 5.69 Å². The molecule has 1 aromatic rings. The lowest BCUT2D eigenvalue weighted by molar-refractivity contribution is -0.384. The molecule has 0 aliphatic heterocycles. The molecule has 0 aromatic heterocycles. The Morgan fingerprint density at radius 1 is 1.53 bits per heavy atom. The van der Waals surface area contributed by atoms with Gasteiger partial charge in [-0.1, -0.05) is 31.3 Å². The number of rotatable bonds is 7. The van der Waals surface area contributed by atoms with Gasteiger partial charge < -0.3 is 10.8 Å². The van der Waals surface area contributed by atoms with Crippen molar-refractivity contribution in [1.29, 1.82) is 0 Å². The SMILES string of the molecule is CCN(CCO)C(C(N)=S)c1ccc([N+](=O)[O-])cc1. The Morgan fingerprint density at radius 2 is 2.11 bits per heavy atom. The highest BCUT2D eigenvalue weighted by Gasteiger charge is 2.22. The van der Waals surface area contributed by atoms with Crippen LogP contribution in [-0.2, 0) is 0 Å². The highest BCUT2D eigenvalue weighted by molar-refractivity contribution is 7.80. The summed E-state index contributed by atoms with van der Waals surface area (Å²) in [7, 11) is 0. The van der Waals surface area contributed by atoms with E-state index >= 15 is 0 Å². The quantitative estimate of drug-likeness (QED) is 0.444. The molecule has 1 rings (SSSR count). The first-order valence-corrected chi connectivity index (χ1v) is 6.30. The summed E-state index contributed by atoms with van der Waals surface area (Å²) in [5, 5.41) is 19.7. The third kappa shape index (κ3) is 3.95. The second-order valence-corrected chi connectivity index (χ2v) is 4.48. The largest absolute Gasteiger partial charge is 0.395 e. The molecule has 1 aromatic carbocycles. The molecule has 0 spiro atoms. The molecule has 0 aliphatic rings. The second kappa shape index (κ2) is 7.13. The van der Waals surface area contributed by atoms with E-state index in [1.165, 1.54) is 12.1 Å². The minimum Gasteiger partial charge on any atom is -0.395 e. The number of nitro groups is 1. The van der Waals surface area contributed by atoms with E-state index in [-0.39, 0.29) is 23.3 Å². The minimum absolute atomic E-state index is 0.0000648. The maximum atomic E-state index is 10.6. The van der Waals surface area contributed by atoms with Crippen molar-refractivity contribution in [3.05, 3.63) is 39.9 Å². The highest BCUT2D eigenvalue weighted by Crippen LogP contribution is 2.23. The lowest BCUT2D eigenvalue weighted by Crippen LogP contribution is -2.38. The molecule has 0 bridgehead atoms. The standard InChI is InChI=1S/C12H17N3O3S/c1-2-14(7-8-16)11(12(13)19)9-3-5-10(6-4-9)15(17)18/h3-6,11,16H,2,7-8H2,1H3,(H2,13,19). The highest BCUT2D eigenvalue weighted by atomic mass is 32.1. The predicted molar refractivity (Wildman–Crippen MR) is 77.0 cm³/mol. The molecule has 104 valence electrons. The average Bonchev–Trinajstić information content (AvgIpc) is 2.38. The van der Waals surface area contributed by atoms with Gasteiger partial charge in [-0.15, -0.1) is 0 Å². The number of aliphatic hydroxyl groups excluding tert-OH is 1. The number of nitrogens with two attached hydrogens (primary N) is 1. The van der Waals surface area contributed by atoms with Gasteiger partial charge in [0.2, 0.25) is 0 Å². The van der Waals surface area contributed by atoms with Crippen LogP contribution >= 0.6 is 12.2 Å². The summed E-state index contributed by atoms with van der Waals surface area (Å²) in [6.45, 7) is 3.04. The Balaban J connectivity index is 3.04. The molecule has 0 aliphatic carbocycles. The first kappa shape index (κ1) is 15.5. The van der Waals surface area contributed by atoms with E-state index in [0.29, 0.717) is 13.1 Å². The van der Waals surface area contributed by atoms with Crippen molar-refractivity contribution in [3.8, 4) is 0 Å². The first-order valence-electron chi connectivity index (χ1n) is 5.89. The van der Waals surface area contributed by atoms with Crippen LogP contribution in [0.15, 0.2) is 24.3 Å². The van der Waals surface area contributed by atoms with E-state index in [1.807, 2.05) is 11.8 Å². The number of nitro benzene ring substituents is 1. The van der Waals surface area contributed by atoms with Gasteiger partial charge in [-0.3, -0.25) is 15.0 Å². The van der Waals surface area contributed by atoms with Gasteiger partial charge in [0.15, 0.2) is 0 Å². The van der Waals surface area contributed by atoms with Gasteiger partial charge in [-0.05, 0) is 12.1 Å². The Hall–Kier alpha value is -1.57. The van der Waals surface area contributed by atoms with Crippen molar-refractivity contribution in [1.82, 2.24) is 4.90 Å². The summed E-state index contributed by atoms with van der Waals surface area (Å²) in [5.74, 6) is 0. The van der Waals surface area contributed by atoms with Crippen LogP contribution in [0.3, 0.4) is 0 Å². The number of benzene rings is 1. The van der Waals surface area contributed by atoms with Gasteiger partial charge in [0, 0.05) is 18.7 Å². The molecule has 3 N–H and O–H groups in total. The van der Waals surface area contributed by atoms with E-state index in [0.717, 1.165) is 5.56 Å². The van der Waals surface area contributed by atoms with E-state index in [1.54, 1.807) is 12.1 Å². The van der Waals surface area contributed by atoms with Crippen molar-refractivity contribution in [3.63, 3.8) is 0 Å². The van der Waals surface area contributed by atoms with Gasteiger partial charge in [0.05, 0.1) is 22.6 Å². The third-order valence-electron chi connectivity index (χ3n) is 2.85. The van der Waals surface area contributed by atoms with Crippen molar-refractivity contribution in [2.75, 3.05) is 19.7 Å². The fourth-order valence-electron chi connectivity index (χ4n) is 1.93. The number of thiocarbonyl (C=S) groups is 1. The molecular formula is C12H17N3O3S. The third-order valence-corrected chi connectivity index (χ3v) is 3.07. The fourth-order valence-corrected chi connectivity index (χ4v) is 2.22. The monoisotopic (exact) mass is 283 g/mol. The Bertz CT molecular complexity index is 450. The molecular weight excluding hydrogens is 266 g/mol. The zero-order valence-electron chi connectivity index (χ0n) is 10.7. The molecule has 0 heterocycles. The molecule has 0 saturated heterocycles. The number of aliphatic hydroxyl groups is 1. The summed E-state index contributed by atoms with van der Waals surface area (Å²) >= 11 is 5.06. The molecule has 6 nitrogen and oxygen atoms in total. The fraction of sp³-hybridized carbons (Fsp3) is 0.417. The zero-order valence-corrected chi connectivity index (χ0v) is 11.5. The second-order valence-electron chi connectivity index (χ2n) is 4.01. The van der Waals surface area contributed by atoms with Crippen molar-refractivity contribution >= 4 is 22.9 Å². The molecule has 19 heavy (non-hydrogen) atoms. The van der Waals surface area contributed by atoms with Crippen LogP contribution in [-0.4, -0.2) is 39.6 Å². The van der Waals surface area contributed by atoms with E-state index in [2.05, 4.69) is 0 Å². The first-order chi connectivity index (χ1) is 9.01. The number of hydrogen-bond acceptors (Lipinski definition) is 5. The van der Waals surface area contributed by atoms with Gasteiger partial charge in [0.1, 0.15) is 0 Å². The van der Waals surface area contributed by atoms with Crippen LogP contribution in [0.1, 0.15) is 18.5 Å². The lowest BCUT2D eigenvalue weighted by Gasteiger charge is -2.29. The molecule has 0 fully saturated rings. The van der Waals surface area contributed by atoms with Crippen LogP contribution in [0.25, 0.3) is 0 Å². The van der Waals surface area contributed by atoms with Crippen molar-refractivity contribution in [2.24, 2.45) is 5.73 Å². The Labute approximate surface area is 117 Å². The number of likely N-dealkylation sites (N-methyl/N-ethyl adjacent to an activating group) is 1. The molecule has 1 atom stereocenters. The Kier molecular flexibility index (Phi) is 5.81. The normalized spacial score (nSPS) is 12.4. The van der Waals surface area contributed by atoms with Crippen LogP contribution in [0.4, 0.5) is 5.69 Å². The lowest BCUT2D eigenvalue weighted by atomic mass is 10.0. The van der Waals surface area contributed by atoms with Gasteiger partial charge in [-0.2, -0.15) is 0 Å². The van der Waals surface area contributed by atoms with Gasteiger partial charge in [-0.25, -0.2) is 0 Å². The van der Waals surface area contributed by atoms with E-state index < -0.39 is 4.92 Å². The summed E-state index contributed by atoms with van der Waals surface area (Å²) < 4.78 is 0. The summed E-state index contributed by atoms with van der Waals surface area (Å²) in [6, 6.07) is 5.80. The summed E-state index contributed by atoms with van der Waals surface area (Å²) in [4.78, 5) is 12.4. The summed E-state index contributed by atoms with van der Waals surface area (Å²) in [6.07, 6.45) is 0. The molecule has 1 unspecified atom stereocenters. The number of nitrogens with zero attached hydrogens (tertiary/aromatic N) is 2. The maximum Gasteiger partial charge on any atom is 0.269 e. The molecule has 0 radical (unpaired) electrons. The smallest absolute Gasteiger partial charge is 0.269 e. The van der Waals surface area contributed by atoms with Crippen LogP contribution in [0, 0.1) is 10.1 Å². The van der Waals surface area contributed by atoms with E-state index in [9.17, 15) is 10.1 Å². The molecule has 0 amide bonds. The van der Waals surface area contributed by atoms with Crippen LogP contribution < -0.4 is 5.73 Å². The van der Waals surface area contributed by atoms with Gasteiger partial charge >= 0.3 is 0 Å². The number of hydrogen-bond donors (Lipinski definition) is 2.